The Morgan fingerprint density at radius 3 is 2.67 bits per heavy atom. The summed E-state index contributed by atoms with van der Waals surface area (Å²) in [4.78, 5) is 11.6. The number of methoxy groups -OCH3 is 1. The van der Waals surface area contributed by atoms with E-state index >= 15 is 0 Å². The second-order valence-electron chi connectivity index (χ2n) is 4.59. The molecule has 0 fully saturated rings. The van der Waals surface area contributed by atoms with Gasteiger partial charge < -0.3 is 15.2 Å². The number of esters is 1. The fourth-order valence-corrected chi connectivity index (χ4v) is 1.23. The van der Waals surface area contributed by atoms with Crippen LogP contribution in [0, 0.1) is 5.82 Å². The van der Waals surface area contributed by atoms with Crippen molar-refractivity contribution in [1.82, 2.24) is 0 Å². The smallest absolute Gasteiger partial charge is 0.338 e. The molecule has 18 heavy (non-hydrogen) atoms. The molecule has 0 heterocycles. The van der Waals surface area contributed by atoms with Gasteiger partial charge in [0.25, 0.3) is 0 Å². The summed E-state index contributed by atoms with van der Waals surface area (Å²) < 4.78 is 23.4. The zero-order valence-corrected chi connectivity index (χ0v) is 10.8. The molecular weight excluding hydrogens is 237 g/mol. The summed E-state index contributed by atoms with van der Waals surface area (Å²) >= 11 is 0. The van der Waals surface area contributed by atoms with Gasteiger partial charge >= 0.3 is 5.97 Å². The second-order valence-corrected chi connectivity index (χ2v) is 4.59. The Hall–Kier alpha value is -1.62. The maximum atomic E-state index is 13.2. The van der Waals surface area contributed by atoms with Crippen LogP contribution in [-0.4, -0.2) is 25.3 Å². The van der Waals surface area contributed by atoms with Crippen molar-refractivity contribution < 1.29 is 18.7 Å². The summed E-state index contributed by atoms with van der Waals surface area (Å²) in [5.41, 5.74) is 5.12. The quantitative estimate of drug-likeness (QED) is 0.648. The van der Waals surface area contributed by atoms with Crippen LogP contribution in [0.1, 0.15) is 30.6 Å². The molecule has 0 aliphatic heterocycles. The third-order valence-electron chi connectivity index (χ3n) is 2.73. The molecule has 0 atom stereocenters. The number of nitrogen functional groups attached to an aromatic ring is 1. The molecule has 0 radical (unpaired) electrons. The van der Waals surface area contributed by atoms with Gasteiger partial charge in [-0.15, -0.1) is 0 Å². The highest BCUT2D eigenvalue weighted by atomic mass is 19.1. The predicted octanol–water partition coefficient (Wildman–Crippen LogP) is 2.38. The number of anilines is 1. The van der Waals surface area contributed by atoms with E-state index in [0.29, 0.717) is 6.42 Å². The SMILES string of the molecule is COC(C)(C)CCOC(=O)c1ccc(N)c(F)c1. The van der Waals surface area contributed by atoms with E-state index in [0.717, 1.165) is 6.07 Å². The molecule has 0 unspecified atom stereocenters. The molecule has 100 valence electrons. The number of ether oxygens (including phenoxy) is 2. The minimum atomic E-state index is -0.623. The maximum Gasteiger partial charge on any atom is 0.338 e. The van der Waals surface area contributed by atoms with Crippen molar-refractivity contribution in [2.24, 2.45) is 0 Å². The first-order valence-electron chi connectivity index (χ1n) is 5.63. The van der Waals surface area contributed by atoms with Crippen molar-refractivity contribution in [3.05, 3.63) is 29.6 Å². The van der Waals surface area contributed by atoms with Crippen molar-refractivity contribution in [2.45, 2.75) is 25.9 Å². The molecule has 0 bridgehead atoms. The average molecular weight is 255 g/mol. The van der Waals surface area contributed by atoms with Gasteiger partial charge in [0.05, 0.1) is 23.5 Å². The van der Waals surface area contributed by atoms with Crippen LogP contribution in [0.2, 0.25) is 0 Å². The lowest BCUT2D eigenvalue weighted by atomic mass is 10.1. The lowest BCUT2D eigenvalue weighted by Crippen LogP contribution is -2.25. The fraction of sp³-hybridized carbons (Fsp3) is 0.462. The van der Waals surface area contributed by atoms with Gasteiger partial charge in [-0.05, 0) is 32.0 Å². The molecule has 0 spiro atoms. The standard InChI is InChI=1S/C13H18FNO3/c1-13(2,17-3)6-7-18-12(16)9-4-5-11(15)10(14)8-9/h4-5,8H,6-7,15H2,1-3H3. The second kappa shape index (κ2) is 5.82. The Morgan fingerprint density at radius 2 is 2.11 bits per heavy atom. The molecule has 1 aromatic rings. The van der Waals surface area contributed by atoms with Crippen LogP contribution in [-0.2, 0) is 9.47 Å². The van der Waals surface area contributed by atoms with Gasteiger partial charge in [0.15, 0.2) is 0 Å². The highest BCUT2D eigenvalue weighted by Crippen LogP contribution is 2.15. The highest BCUT2D eigenvalue weighted by molar-refractivity contribution is 5.89. The molecule has 1 rings (SSSR count). The minimum Gasteiger partial charge on any atom is -0.462 e. The Bertz CT molecular complexity index is 432. The first-order valence-corrected chi connectivity index (χ1v) is 5.63. The summed E-state index contributed by atoms with van der Waals surface area (Å²) in [5, 5.41) is 0. The van der Waals surface area contributed by atoms with Gasteiger partial charge in [-0.3, -0.25) is 0 Å². The van der Waals surface area contributed by atoms with Gasteiger partial charge in [-0.25, -0.2) is 9.18 Å². The molecule has 0 aliphatic carbocycles. The van der Waals surface area contributed by atoms with Crippen LogP contribution >= 0.6 is 0 Å². The first kappa shape index (κ1) is 14.4. The van der Waals surface area contributed by atoms with E-state index in [2.05, 4.69) is 0 Å². The Balaban J connectivity index is 2.53. The Morgan fingerprint density at radius 1 is 1.44 bits per heavy atom. The summed E-state index contributed by atoms with van der Waals surface area (Å²) in [6, 6.07) is 3.84. The number of halogens is 1. The summed E-state index contributed by atoms with van der Waals surface area (Å²) in [5.74, 6) is -1.19. The molecule has 2 N–H and O–H groups in total. The maximum absolute atomic E-state index is 13.2. The van der Waals surface area contributed by atoms with Crippen LogP contribution < -0.4 is 5.73 Å². The fourth-order valence-electron chi connectivity index (χ4n) is 1.23. The zero-order chi connectivity index (χ0) is 13.8. The zero-order valence-electron chi connectivity index (χ0n) is 10.8. The van der Waals surface area contributed by atoms with Gasteiger partial charge in [0, 0.05) is 13.5 Å². The summed E-state index contributed by atoms with van der Waals surface area (Å²) in [7, 11) is 1.59. The van der Waals surface area contributed by atoms with E-state index in [1.165, 1.54) is 12.1 Å². The molecule has 0 aromatic heterocycles. The number of carbonyl (C=O) groups is 1. The van der Waals surface area contributed by atoms with E-state index in [4.69, 9.17) is 15.2 Å². The van der Waals surface area contributed by atoms with E-state index in [-0.39, 0.29) is 23.5 Å². The predicted molar refractivity (Wildman–Crippen MR) is 66.8 cm³/mol. The molecule has 1 aromatic carbocycles. The summed E-state index contributed by atoms with van der Waals surface area (Å²) in [6.45, 7) is 4.00. The Kier molecular flexibility index (Phi) is 4.67. The topological polar surface area (TPSA) is 61.5 Å². The van der Waals surface area contributed by atoms with Crippen molar-refractivity contribution >= 4 is 11.7 Å². The number of nitrogens with two attached hydrogens (primary N) is 1. The van der Waals surface area contributed by atoms with Crippen molar-refractivity contribution in [2.75, 3.05) is 19.5 Å². The highest BCUT2D eigenvalue weighted by Gasteiger charge is 2.17. The van der Waals surface area contributed by atoms with Crippen molar-refractivity contribution in [3.8, 4) is 0 Å². The van der Waals surface area contributed by atoms with Gasteiger partial charge in [-0.1, -0.05) is 0 Å². The third-order valence-corrected chi connectivity index (χ3v) is 2.73. The van der Waals surface area contributed by atoms with Crippen molar-refractivity contribution in [3.63, 3.8) is 0 Å². The number of benzene rings is 1. The molecule has 0 saturated heterocycles. The van der Waals surface area contributed by atoms with Crippen LogP contribution in [0.25, 0.3) is 0 Å². The van der Waals surface area contributed by atoms with E-state index in [1.54, 1.807) is 7.11 Å². The minimum absolute atomic E-state index is 0.00654. The lowest BCUT2D eigenvalue weighted by Gasteiger charge is -2.22. The van der Waals surface area contributed by atoms with E-state index in [1.807, 2.05) is 13.8 Å². The van der Waals surface area contributed by atoms with Gasteiger partial charge in [0.1, 0.15) is 5.82 Å². The molecule has 0 amide bonds. The normalized spacial score (nSPS) is 11.3. The monoisotopic (exact) mass is 255 g/mol. The summed E-state index contributed by atoms with van der Waals surface area (Å²) in [6.07, 6.45) is 0.562. The third kappa shape index (κ3) is 4.00. The van der Waals surface area contributed by atoms with Crippen LogP contribution in [0.4, 0.5) is 10.1 Å². The Labute approximate surface area is 106 Å². The molecule has 5 heteroatoms. The molecule has 4 nitrogen and oxygen atoms in total. The largest absolute Gasteiger partial charge is 0.462 e. The average Bonchev–Trinajstić information content (AvgIpc) is 2.32. The van der Waals surface area contributed by atoms with Crippen LogP contribution in [0.5, 0.6) is 0 Å². The number of hydrogen-bond acceptors (Lipinski definition) is 4. The van der Waals surface area contributed by atoms with Crippen LogP contribution in [0.15, 0.2) is 18.2 Å². The number of hydrogen-bond donors (Lipinski definition) is 1. The molecule has 0 aliphatic rings. The van der Waals surface area contributed by atoms with Crippen LogP contribution in [0.3, 0.4) is 0 Å². The number of carbonyl (C=O) groups excluding carboxylic acids is 1. The van der Waals surface area contributed by atoms with E-state index < -0.39 is 11.8 Å². The first-order chi connectivity index (χ1) is 8.35. The van der Waals surface area contributed by atoms with Crippen molar-refractivity contribution in [1.29, 1.82) is 0 Å². The van der Waals surface area contributed by atoms with Gasteiger partial charge in [0.2, 0.25) is 0 Å². The molecular formula is C13H18FNO3. The number of rotatable bonds is 5. The molecule has 0 saturated carbocycles. The van der Waals surface area contributed by atoms with Gasteiger partial charge in [-0.2, -0.15) is 0 Å². The lowest BCUT2D eigenvalue weighted by molar-refractivity contribution is -0.00564. The van der Waals surface area contributed by atoms with E-state index in [9.17, 15) is 9.18 Å².